The van der Waals surface area contributed by atoms with E-state index in [1.807, 2.05) is 0 Å². The average molecular weight is 428 g/mol. The Labute approximate surface area is 165 Å². The number of imidazole rings is 1. The summed E-state index contributed by atoms with van der Waals surface area (Å²) in [5, 5.41) is 0. The fourth-order valence-corrected chi connectivity index (χ4v) is 2.68. The van der Waals surface area contributed by atoms with Gasteiger partial charge >= 0.3 is 18.8 Å². The predicted octanol–water partition coefficient (Wildman–Crippen LogP) is 4.08. The summed E-state index contributed by atoms with van der Waals surface area (Å²) in [6, 6.07) is 10.4. The number of fused-ring (bicyclic) bond motifs is 1. The van der Waals surface area contributed by atoms with Gasteiger partial charge in [0.05, 0.1) is 11.0 Å². The van der Waals surface area contributed by atoms with Crippen molar-refractivity contribution in [1.29, 1.82) is 0 Å². The summed E-state index contributed by atoms with van der Waals surface area (Å²) in [6.45, 7) is -4.56. The van der Waals surface area contributed by atoms with Crippen LogP contribution in [0.5, 0.6) is 5.75 Å². The van der Waals surface area contributed by atoms with Crippen LogP contribution in [0, 0.1) is 0 Å². The van der Waals surface area contributed by atoms with Crippen LogP contribution in [0.15, 0.2) is 48.5 Å². The van der Waals surface area contributed by atoms with Crippen LogP contribution in [0.3, 0.4) is 0 Å². The van der Waals surface area contributed by atoms with E-state index in [4.69, 9.17) is 4.74 Å². The molecule has 0 amide bonds. The molecule has 0 radical (unpaired) electrons. The van der Waals surface area contributed by atoms with Gasteiger partial charge in [-0.25, -0.2) is 4.98 Å². The van der Waals surface area contributed by atoms with Crippen LogP contribution in [-0.4, -0.2) is 34.5 Å². The average Bonchev–Trinajstić information content (AvgIpc) is 3.05. The van der Waals surface area contributed by atoms with E-state index in [1.54, 1.807) is 0 Å². The molecule has 0 atom stereocenters. The SMILES string of the molecule is O=C(Cn1c(C(F)(F)F)nc2ccccc21)OCC(=O)c1ccc(OC(F)F)cc1. The minimum atomic E-state index is -4.79. The van der Waals surface area contributed by atoms with Gasteiger partial charge in [-0.2, -0.15) is 22.0 Å². The molecule has 0 N–H and O–H groups in total. The third-order valence-electron chi connectivity index (χ3n) is 3.96. The van der Waals surface area contributed by atoms with Gasteiger partial charge in [-0.1, -0.05) is 12.1 Å². The molecule has 0 spiro atoms. The number of halogens is 5. The maximum absolute atomic E-state index is 13.2. The van der Waals surface area contributed by atoms with Crippen molar-refractivity contribution in [1.82, 2.24) is 9.55 Å². The van der Waals surface area contributed by atoms with Crippen molar-refractivity contribution >= 4 is 22.8 Å². The summed E-state index contributed by atoms with van der Waals surface area (Å²) in [5.41, 5.74) is 0.191. The predicted molar refractivity (Wildman–Crippen MR) is 93.1 cm³/mol. The zero-order chi connectivity index (χ0) is 21.9. The fourth-order valence-electron chi connectivity index (χ4n) is 2.68. The first-order chi connectivity index (χ1) is 14.1. The molecular formula is C19H13F5N2O4. The fraction of sp³-hybridized carbons (Fsp3) is 0.211. The molecule has 3 rings (SSSR count). The Morgan fingerprint density at radius 2 is 1.70 bits per heavy atom. The second-order valence-corrected chi connectivity index (χ2v) is 5.99. The Morgan fingerprint density at radius 1 is 1.03 bits per heavy atom. The lowest BCUT2D eigenvalue weighted by Crippen LogP contribution is -2.22. The molecule has 0 bridgehead atoms. The Morgan fingerprint density at radius 3 is 2.33 bits per heavy atom. The molecule has 0 unspecified atom stereocenters. The number of carbonyl (C=O) groups excluding carboxylic acids is 2. The molecule has 1 aromatic heterocycles. The Balaban J connectivity index is 1.67. The molecule has 2 aromatic carbocycles. The number of Topliss-reactive ketones (excluding diaryl/α,β-unsaturated/α-hetero) is 1. The standard InChI is InChI=1S/C19H13F5N2O4/c20-18(21)30-12-7-5-11(6-8-12)15(27)10-29-16(28)9-26-14-4-2-1-3-13(14)25-17(26)19(22,23)24/h1-8,18H,9-10H2. The van der Waals surface area contributed by atoms with Gasteiger partial charge < -0.3 is 14.0 Å². The van der Waals surface area contributed by atoms with Crippen LogP contribution >= 0.6 is 0 Å². The van der Waals surface area contributed by atoms with Crippen LogP contribution in [0.2, 0.25) is 0 Å². The summed E-state index contributed by atoms with van der Waals surface area (Å²) < 4.78 is 73.6. The lowest BCUT2D eigenvalue weighted by atomic mass is 10.1. The lowest BCUT2D eigenvalue weighted by Gasteiger charge is -2.11. The van der Waals surface area contributed by atoms with Crippen molar-refractivity contribution in [2.45, 2.75) is 19.3 Å². The topological polar surface area (TPSA) is 70.4 Å². The maximum Gasteiger partial charge on any atom is 0.449 e. The summed E-state index contributed by atoms with van der Waals surface area (Å²) in [4.78, 5) is 27.6. The number of benzene rings is 2. The van der Waals surface area contributed by atoms with Gasteiger partial charge in [-0.05, 0) is 36.4 Å². The van der Waals surface area contributed by atoms with Crippen LogP contribution in [-0.2, 0) is 22.3 Å². The molecule has 0 saturated carbocycles. The smallest absolute Gasteiger partial charge is 0.449 e. The quantitative estimate of drug-likeness (QED) is 0.322. The highest BCUT2D eigenvalue weighted by Crippen LogP contribution is 2.31. The lowest BCUT2D eigenvalue weighted by molar-refractivity contribution is -0.150. The van der Waals surface area contributed by atoms with Crippen molar-refractivity contribution in [3.63, 3.8) is 0 Å². The molecule has 30 heavy (non-hydrogen) atoms. The van der Waals surface area contributed by atoms with Crippen LogP contribution in [0.1, 0.15) is 16.2 Å². The second-order valence-electron chi connectivity index (χ2n) is 5.99. The van der Waals surface area contributed by atoms with Gasteiger partial charge in [0.2, 0.25) is 5.82 Å². The first-order valence-corrected chi connectivity index (χ1v) is 8.41. The molecule has 0 aliphatic rings. The van der Waals surface area contributed by atoms with Gasteiger partial charge in [0.25, 0.3) is 0 Å². The molecule has 6 nitrogen and oxygen atoms in total. The number of hydrogen-bond acceptors (Lipinski definition) is 5. The number of para-hydroxylation sites is 2. The van der Waals surface area contributed by atoms with Crippen LogP contribution in [0.4, 0.5) is 22.0 Å². The van der Waals surface area contributed by atoms with E-state index in [9.17, 15) is 31.5 Å². The summed E-state index contributed by atoms with van der Waals surface area (Å²) in [5.74, 6) is -3.17. The van der Waals surface area contributed by atoms with E-state index >= 15 is 0 Å². The van der Waals surface area contributed by atoms with E-state index in [-0.39, 0.29) is 22.3 Å². The summed E-state index contributed by atoms with van der Waals surface area (Å²) in [6.07, 6.45) is -4.79. The minimum absolute atomic E-state index is 0.0495. The molecule has 158 valence electrons. The largest absolute Gasteiger partial charge is 0.456 e. The highest BCUT2D eigenvalue weighted by Gasteiger charge is 2.38. The number of carbonyl (C=O) groups is 2. The van der Waals surface area contributed by atoms with Crippen molar-refractivity contribution in [3.8, 4) is 5.75 Å². The number of ketones is 1. The van der Waals surface area contributed by atoms with E-state index in [0.717, 1.165) is 12.1 Å². The van der Waals surface area contributed by atoms with Gasteiger partial charge in [0.15, 0.2) is 12.4 Å². The first-order valence-electron chi connectivity index (χ1n) is 8.41. The number of hydrogen-bond donors (Lipinski definition) is 0. The van der Waals surface area contributed by atoms with Crippen LogP contribution < -0.4 is 4.74 Å². The van der Waals surface area contributed by atoms with E-state index < -0.39 is 43.5 Å². The van der Waals surface area contributed by atoms with Gasteiger partial charge in [-0.15, -0.1) is 0 Å². The normalized spacial score (nSPS) is 11.7. The number of aromatic nitrogens is 2. The number of ether oxygens (including phenoxy) is 2. The molecule has 0 aliphatic carbocycles. The molecule has 0 saturated heterocycles. The highest BCUT2D eigenvalue weighted by molar-refractivity contribution is 5.98. The van der Waals surface area contributed by atoms with Crippen molar-refractivity contribution < 1.29 is 41.0 Å². The minimum Gasteiger partial charge on any atom is -0.456 e. The van der Waals surface area contributed by atoms with Gasteiger partial charge in [-0.3, -0.25) is 9.59 Å². The number of esters is 1. The van der Waals surface area contributed by atoms with Gasteiger partial charge in [0, 0.05) is 5.56 Å². The van der Waals surface area contributed by atoms with E-state index in [1.165, 1.54) is 36.4 Å². The molecule has 3 aromatic rings. The number of rotatable bonds is 7. The van der Waals surface area contributed by atoms with E-state index in [2.05, 4.69) is 9.72 Å². The number of alkyl halides is 5. The van der Waals surface area contributed by atoms with Crippen molar-refractivity contribution in [2.75, 3.05) is 6.61 Å². The zero-order valence-electron chi connectivity index (χ0n) is 15.0. The van der Waals surface area contributed by atoms with Gasteiger partial charge in [0.1, 0.15) is 12.3 Å². The third kappa shape index (κ3) is 4.91. The first kappa shape index (κ1) is 21.2. The van der Waals surface area contributed by atoms with Crippen LogP contribution in [0.25, 0.3) is 11.0 Å². The zero-order valence-corrected chi connectivity index (χ0v) is 15.0. The molecular weight excluding hydrogens is 415 g/mol. The summed E-state index contributed by atoms with van der Waals surface area (Å²) >= 11 is 0. The number of nitrogens with zero attached hydrogens (tertiary/aromatic N) is 2. The third-order valence-corrected chi connectivity index (χ3v) is 3.96. The van der Waals surface area contributed by atoms with Crippen molar-refractivity contribution in [2.24, 2.45) is 0 Å². The second kappa shape index (κ2) is 8.47. The molecule has 11 heteroatoms. The molecule has 0 aliphatic heterocycles. The molecule has 1 heterocycles. The Kier molecular flexibility index (Phi) is 5.99. The monoisotopic (exact) mass is 428 g/mol. The van der Waals surface area contributed by atoms with E-state index in [0.29, 0.717) is 4.57 Å². The Hall–Kier alpha value is -3.50. The highest BCUT2D eigenvalue weighted by atomic mass is 19.4. The molecule has 0 fully saturated rings. The maximum atomic E-state index is 13.2. The summed E-state index contributed by atoms with van der Waals surface area (Å²) in [7, 11) is 0. The Bertz CT molecular complexity index is 1060. The van der Waals surface area contributed by atoms with Crippen molar-refractivity contribution in [3.05, 3.63) is 59.9 Å².